The van der Waals surface area contributed by atoms with Gasteiger partial charge in [-0.2, -0.15) is 0 Å². The van der Waals surface area contributed by atoms with Gasteiger partial charge in [-0.15, -0.1) is 10.2 Å². The number of ketones is 1. The van der Waals surface area contributed by atoms with Crippen molar-refractivity contribution >= 4 is 17.5 Å². The maximum atomic E-state index is 12.8. The van der Waals surface area contributed by atoms with Gasteiger partial charge in [0.05, 0.1) is 12.3 Å². The molecule has 7 nitrogen and oxygen atoms in total. The van der Waals surface area contributed by atoms with E-state index in [-0.39, 0.29) is 11.9 Å². The number of para-hydroxylation sites is 2. The number of carbonyl (C=O) groups is 1. The summed E-state index contributed by atoms with van der Waals surface area (Å²) in [5.41, 5.74) is 2.73. The van der Waals surface area contributed by atoms with E-state index in [1.54, 1.807) is 0 Å². The molecule has 0 saturated carbocycles. The zero-order chi connectivity index (χ0) is 20.5. The maximum Gasteiger partial charge on any atom is 0.191 e. The molecule has 0 spiro atoms. The average Bonchev–Trinajstić information content (AvgIpc) is 3.19. The van der Waals surface area contributed by atoms with E-state index in [0.717, 1.165) is 39.4 Å². The van der Waals surface area contributed by atoms with Crippen molar-refractivity contribution in [2.24, 2.45) is 7.05 Å². The molecule has 1 unspecified atom stereocenters. The Hall–Kier alpha value is -2.74. The van der Waals surface area contributed by atoms with E-state index in [4.69, 9.17) is 9.47 Å². The second-order valence-corrected chi connectivity index (χ2v) is 8.14. The Labute approximate surface area is 174 Å². The summed E-state index contributed by atoms with van der Waals surface area (Å²) in [4.78, 5) is 12.8. The molecule has 1 aliphatic rings. The third kappa shape index (κ3) is 3.89. The first-order valence-corrected chi connectivity index (χ1v) is 10.5. The molecule has 0 amide bonds. The molecular weight excluding hydrogens is 388 g/mol. The van der Waals surface area contributed by atoms with Gasteiger partial charge in [-0.25, -0.2) is 0 Å². The van der Waals surface area contributed by atoms with Crippen molar-refractivity contribution < 1.29 is 14.3 Å². The molecule has 0 bridgehead atoms. The normalized spacial score (nSPS) is 15.5. The Morgan fingerprint density at radius 1 is 1.21 bits per heavy atom. The number of nitrogens with zero attached hydrogens (tertiary/aromatic N) is 4. The molecule has 3 heterocycles. The fraction of sp³-hybridized carbons (Fsp3) is 0.381. The topological polar surface area (TPSA) is 71.2 Å². The summed E-state index contributed by atoms with van der Waals surface area (Å²) in [5.74, 6) is 2.78. The molecular formula is C21H24N4O3S. The summed E-state index contributed by atoms with van der Waals surface area (Å²) < 4.78 is 15.9. The van der Waals surface area contributed by atoms with Crippen molar-refractivity contribution in [1.29, 1.82) is 0 Å². The quantitative estimate of drug-likeness (QED) is 0.457. The summed E-state index contributed by atoms with van der Waals surface area (Å²) in [6.07, 6.45) is -0.103. The number of hydrogen-bond acceptors (Lipinski definition) is 6. The minimum absolute atomic E-state index is 0.0844. The monoisotopic (exact) mass is 412 g/mol. The van der Waals surface area contributed by atoms with Crippen LogP contribution in [0.5, 0.6) is 11.5 Å². The minimum atomic E-state index is -0.103. The van der Waals surface area contributed by atoms with Crippen LogP contribution in [0, 0.1) is 20.8 Å². The third-order valence-corrected chi connectivity index (χ3v) is 6.23. The van der Waals surface area contributed by atoms with Crippen LogP contribution in [-0.4, -0.2) is 43.6 Å². The molecule has 152 valence electrons. The zero-order valence-electron chi connectivity index (χ0n) is 17.0. The lowest BCUT2D eigenvalue weighted by atomic mass is 10.2. The van der Waals surface area contributed by atoms with Gasteiger partial charge in [0, 0.05) is 24.0 Å². The largest absolute Gasteiger partial charge is 0.486 e. The number of aryl methyl sites for hydroxylation is 2. The summed E-state index contributed by atoms with van der Waals surface area (Å²) in [7, 11) is 1.90. The molecule has 4 rings (SSSR count). The van der Waals surface area contributed by atoms with E-state index >= 15 is 0 Å². The number of fused-ring (bicyclic) bond motifs is 1. The molecule has 3 aromatic rings. The van der Waals surface area contributed by atoms with Crippen molar-refractivity contribution in [3.63, 3.8) is 0 Å². The number of benzene rings is 1. The van der Waals surface area contributed by atoms with Crippen molar-refractivity contribution in [2.45, 2.75) is 38.6 Å². The second-order valence-electron chi connectivity index (χ2n) is 7.19. The standard InChI is InChI=1S/C21H24N4O3S/c1-13-9-17(18(26)12-29-21-23-22-15(3)24(21)4)14(2)25(13)10-16-11-27-19-7-5-6-8-20(19)28-16/h5-9,16H,10-12H2,1-4H3. The second kappa shape index (κ2) is 7.94. The Morgan fingerprint density at radius 2 is 1.97 bits per heavy atom. The van der Waals surface area contributed by atoms with E-state index in [0.29, 0.717) is 18.9 Å². The smallest absolute Gasteiger partial charge is 0.191 e. The SMILES string of the molecule is Cc1nnc(SCC(=O)c2cc(C)n(CC3COc4ccccc4O3)c2C)n1C. The molecule has 0 fully saturated rings. The van der Waals surface area contributed by atoms with Crippen LogP contribution < -0.4 is 9.47 Å². The average molecular weight is 413 g/mol. The molecule has 0 radical (unpaired) electrons. The number of aromatic nitrogens is 4. The summed E-state index contributed by atoms with van der Waals surface area (Å²) in [6.45, 7) is 7.01. The Balaban J connectivity index is 1.45. The third-order valence-electron chi connectivity index (χ3n) is 5.21. The number of rotatable bonds is 6. The summed E-state index contributed by atoms with van der Waals surface area (Å²) in [6, 6.07) is 9.64. The van der Waals surface area contributed by atoms with Gasteiger partial charge in [-0.1, -0.05) is 23.9 Å². The molecule has 2 aromatic heterocycles. The van der Waals surface area contributed by atoms with Crippen LogP contribution in [-0.2, 0) is 13.6 Å². The van der Waals surface area contributed by atoms with Crippen molar-refractivity contribution in [3.05, 3.63) is 53.1 Å². The molecule has 29 heavy (non-hydrogen) atoms. The fourth-order valence-corrected chi connectivity index (χ4v) is 4.28. The molecule has 1 aromatic carbocycles. The highest BCUT2D eigenvalue weighted by molar-refractivity contribution is 7.99. The number of Topliss-reactive ketones (excluding diaryl/α,β-unsaturated/α-hetero) is 1. The van der Waals surface area contributed by atoms with Gasteiger partial charge in [0.2, 0.25) is 0 Å². The van der Waals surface area contributed by atoms with Crippen LogP contribution in [0.4, 0.5) is 0 Å². The maximum absolute atomic E-state index is 12.8. The van der Waals surface area contributed by atoms with Crippen molar-refractivity contribution in [3.8, 4) is 11.5 Å². The van der Waals surface area contributed by atoms with Crippen molar-refractivity contribution in [2.75, 3.05) is 12.4 Å². The highest BCUT2D eigenvalue weighted by Gasteiger charge is 2.24. The van der Waals surface area contributed by atoms with Crippen LogP contribution in [0.1, 0.15) is 27.6 Å². The van der Waals surface area contributed by atoms with Gasteiger partial charge in [0.1, 0.15) is 12.4 Å². The van der Waals surface area contributed by atoms with E-state index in [2.05, 4.69) is 14.8 Å². The highest BCUT2D eigenvalue weighted by atomic mass is 32.2. The van der Waals surface area contributed by atoms with Gasteiger partial charge in [0.25, 0.3) is 0 Å². The number of hydrogen-bond donors (Lipinski definition) is 0. The first-order chi connectivity index (χ1) is 13.9. The van der Waals surface area contributed by atoms with Gasteiger partial charge in [0.15, 0.2) is 28.5 Å². The van der Waals surface area contributed by atoms with Gasteiger partial charge >= 0.3 is 0 Å². The Bertz CT molecular complexity index is 1060. The van der Waals surface area contributed by atoms with Crippen LogP contribution >= 0.6 is 11.8 Å². The summed E-state index contributed by atoms with van der Waals surface area (Å²) >= 11 is 1.41. The Kier molecular flexibility index (Phi) is 5.36. The van der Waals surface area contributed by atoms with E-state index in [9.17, 15) is 4.79 Å². The molecule has 0 N–H and O–H groups in total. The number of ether oxygens (including phenoxy) is 2. The minimum Gasteiger partial charge on any atom is -0.486 e. The van der Waals surface area contributed by atoms with Crippen LogP contribution in [0.3, 0.4) is 0 Å². The first kappa shape index (κ1) is 19.6. The number of carbonyl (C=O) groups excluding carboxylic acids is 1. The van der Waals surface area contributed by atoms with Crippen LogP contribution in [0.2, 0.25) is 0 Å². The molecule has 8 heteroatoms. The lowest BCUT2D eigenvalue weighted by molar-refractivity contribution is 0.0777. The van der Waals surface area contributed by atoms with E-state index in [1.165, 1.54) is 11.8 Å². The van der Waals surface area contributed by atoms with Crippen molar-refractivity contribution in [1.82, 2.24) is 19.3 Å². The molecule has 1 atom stereocenters. The van der Waals surface area contributed by atoms with Gasteiger partial charge in [-0.3, -0.25) is 4.79 Å². The highest BCUT2D eigenvalue weighted by Crippen LogP contribution is 2.31. The van der Waals surface area contributed by atoms with Crippen LogP contribution in [0.15, 0.2) is 35.5 Å². The van der Waals surface area contributed by atoms with E-state index in [1.807, 2.05) is 62.7 Å². The lowest BCUT2D eigenvalue weighted by Crippen LogP contribution is -2.33. The lowest BCUT2D eigenvalue weighted by Gasteiger charge is -2.27. The predicted octanol–water partition coefficient (Wildman–Crippen LogP) is 3.36. The first-order valence-electron chi connectivity index (χ1n) is 9.51. The van der Waals surface area contributed by atoms with E-state index < -0.39 is 0 Å². The van der Waals surface area contributed by atoms with Gasteiger partial charge < -0.3 is 18.6 Å². The molecule has 0 aliphatic carbocycles. The van der Waals surface area contributed by atoms with Gasteiger partial charge in [-0.05, 0) is 39.0 Å². The predicted molar refractivity (Wildman–Crippen MR) is 111 cm³/mol. The fourth-order valence-electron chi connectivity index (χ4n) is 3.44. The molecule has 1 aliphatic heterocycles. The zero-order valence-corrected chi connectivity index (χ0v) is 17.8. The molecule has 0 saturated heterocycles. The summed E-state index contributed by atoms with van der Waals surface area (Å²) in [5, 5.41) is 8.89. The van der Waals surface area contributed by atoms with Crippen LogP contribution in [0.25, 0.3) is 0 Å². The number of thioether (sulfide) groups is 1. The Morgan fingerprint density at radius 3 is 2.69 bits per heavy atom.